The number of nitrogens with zero attached hydrogens (tertiary/aromatic N) is 4. The van der Waals surface area contributed by atoms with Crippen LogP contribution in [-0.2, 0) is 0 Å². The van der Waals surface area contributed by atoms with Gasteiger partial charge in [0.2, 0.25) is 0 Å². The Morgan fingerprint density at radius 3 is 2.72 bits per heavy atom. The van der Waals surface area contributed by atoms with Gasteiger partial charge in [-0.1, -0.05) is 11.6 Å². The molecule has 2 aromatic rings. The quantitative estimate of drug-likeness (QED) is 0.678. The average molecular weight is 455 g/mol. The van der Waals surface area contributed by atoms with Gasteiger partial charge in [0.25, 0.3) is 0 Å². The van der Waals surface area contributed by atoms with E-state index in [1.807, 2.05) is 26.1 Å². The lowest BCUT2D eigenvalue weighted by molar-refractivity contribution is 0.108. The maximum absolute atomic E-state index is 9.93. The van der Waals surface area contributed by atoms with Crippen LogP contribution in [0.2, 0.25) is 5.02 Å². The molecule has 0 bridgehead atoms. The number of nitriles is 1. The summed E-state index contributed by atoms with van der Waals surface area (Å²) in [5.41, 5.74) is 10.6. The number of aryl methyl sites for hydroxylation is 1. The Kier molecular flexibility index (Phi) is 6.11. The number of H-pyrrole nitrogens is 1. The molecule has 2 aliphatic heterocycles. The normalized spacial score (nSPS) is 17.6. The summed E-state index contributed by atoms with van der Waals surface area (Å²) in [5, 5.41) is 10.4. The van der Waals surface area contributed by atoms with E-state index >= 15 is 0 Å². The number of hydrogen-bond acceptors (Lipinski definition) is 6. The van der Waals surface area contributed by atoms with Crippen LogP contribution in [0.4, 0.5) is 5.82 Å². The van der Waals surface area contributed by atoms with Crippen LogP contribution in [0.25, 0.3) is 0 Å². The summed E-state index contributed by atoms with van der Waals surface area (Å²) in [5.74, 6) is 2.49. The topological polar surface area (TPSA) is 93.7 Å². The minimum absolute atomic E-state index is 0.0875. The molecule has 0 radical (unpaired) electrons. The van der Waals surface area contributed by atoms with E-state index < -0.39 is 0 Å². The van der Waals surface area contributed by atoms with Crippen LogP contribution in [0.15, 0.2) is 17.3 Å². The Hall–Kier alpha value is -2.69. The largest absolute Gasteiger partial charge is 0.493 e. The van der Waals surface area contributed by atoms with E-state index in [-0.39, 0.29) is 12.0 Å². The molecule has 1 aromatic carbocycles. The summed E-state index contributed by atoms with van der Waals surface area (Å²) in [7, 11) is 0. The van der Waals surface area contributed by atoms with Crippen molar-refractivity contribution in [1.82, 2.24) is 9.88 Å². The summed E-state index contributed by atoms with van der Waals surface area (Å²) >= 11 is 6.68. The molecule has 8 heteroatoms. The van der Waals surface area contributed by atoms with Gasteiger partial charge in [-0.15, -0.1) is 0 Å². The third-order valence-electron chi connectivity index (χ3n) is 6.66. The van der Waals surface area contributed by atoms with Crippen molar-refractivity contribution in [3.05, 3.63) is 45.1 Å². The smallest absolute Gasteiger partial charge is 0.131 e. The van der Waals surface area contributed by atoms with Crippen LogP contribution in [0, 0.1) is 18.3 Å². The zero-order valence-corrected chi connectivity index (χ0v) is 20.1. The molecule has 3 heterocycles. The number of fused-ring (bicyclic) bond motifs is 1. The molecule has 0 saturated carbocycles. The van der Waals surface area contributed by atoms with Crippen LogP contribution in [0.1, 0.15) is 67.5 Å². The van der Waals surface area contributed by atoms with E-state index in [0.717, 1.165) is 46.9 Å². The molecule has 1 fully saturated rings. The van der Waals surface area contributed by atoms with E-state index in [4.69, 9.17) is 22.1 Å². The van der Waals surface area contributed by atoms with Gasteiger partial charge in [-0.05, 0) is 46.2 Å². The fraction of sp³-hybridized carbons (Fsp3) is 0.500. The number of benzene rings is 1. The standard InChI is InChI=1S/C24H31ClN6O/c1-6-32-22-17(15(5)31-12-29-23(27)20-14(4)9-28-24(20)31)7-19(25)18(8-26)21(22)16-10-30(11-16)13(2)3/h7,9,13,15-16,28H,6,10-12H2,1-5H3,(H2,27,29). The third kappa shape index (κ3) is 3.62. The minimum atomic E-state index is -0.0875. The molecule has 4 rings (SSSR count). The van der Waals surface area contributed by atoms with Gasteiger partial charge in [0.1, 0.15) is 30.1 Å². The first-order valence-electron chi connectivity index (χ1n) is 11.2. The number of ether oxygens (including phenoxy) is 1. The maximum Gasteiger partial charge on any atom is 0.131 e. The molecule has 1 saturated heterocycles. The van der Waals surface area contributed by atoms with E-state index in [2.05, 4.69) is 46.6 Å². The van der Waals surface area contributed by atoms with Crippen molar-refractivity contribution in [2.75, 3.05) is 31.3 Å². The Labute approximate surface area is 194 Å². The SMILES string of the molecule is CCOc1c(C(C)N2CN=C(N)c3c(C)c[nH]c32)cc(Cl)c(C#N)c1C1CN(C(C)C)C1. The van der Waals surface area contributed by atoms with E-state index in [1.165, 1.54) is 0 Å². The lowest BCUT2D eigenvalue weighted by Crippen LogP contribution is -2.49. The van der Waals surface area contributed by atoms with Crippen molar-refractivity contribution in [3.63, 3.8) is 0 Å². The highest BCUT2D eigenvalue weighted by Crippen LogP contribution is 2.45. The van der Waals surface area contributed by atoms with Gasteiger partial charge < -0.3 is 20.4 Å². The highest BCUT2D eigenvalue weighted by Gasteiger charge is 2.37. The monoisotopic (exact) mass is 454 g/mol. The summed E-state index contributed by atoms with van der Waals surface area (Å²) in [6, 6.07) is 4.60. The van der Waals surface area contributed by atoms with E-state index in [0.29, 0.717) is 35.7 Å². The number of nitrogens with one attached hydrogen (secondary N) is 1. The molecule has 3 N–H and O–H groups in total. The fourth-order valence-electron chi connectivity index (χ4n) is 4.75. The molecular formula is C24H31ClN6O. The number of amidine groups is 1. The average Bonchev–Trinajstić information content (AvgIpc) is 3.10. The summed E-state index contributed by atoms with van der Waals surface area (Å²) in [6.45, 7) is 13.2. The Morgan fingerprint density at radius 2 is 2.09 bits per heavy atom. The number of aromatic nitrogens is 1. The lowest BCUT2D eigenvalue weighted by Gasteiger charge is -2.43. The van der Waals surface area contributed by atoms with Crippen LogP contribution in [0.3, 0.4) is 0 Å². The number of aromatic amines is 1. The number of aliphatic imine (C=N–C) groups is 1. The molecule has 2 aliphatic rings. The van der Waals surface area contributed by atoms with Crippen molar-refractivity contribution in [1.29, 1.82) is 5.26 Å². The predicted molar refractivity (Wildman–Crippen MR) is 129 cm³/mol. The number of halogens is 1. The molecule has 1 aromatic heterocycles. The maximum atomic E-state index is 9.93. The van der Waals surface area contributed by atoms with Gasteiger partial charge in [0, 0.05) is 42.4 Å². The number of likely N-dealkylation sites (tertiary alicyclic amines) is 1. The van der Waals surface area contributed by atoms with E-state index in [9.17, 15) is 5.26 Å². The number of hydrogen-bond donors (Lipinski definition) is 2. The number of anilines is 1. The summed E-state index contributed by atoms with van der Waals surface area (Å²) in [6.07, 6.45) is 1.95. The van der Waals surface area contributed by atoms with Crippen molar-refractivity contribution in [3.8, 4) is 11.8 Å². The van der Waals surface area contributed by atoms with Crippen molar-refractivity contribution < 1.29 is 4.74 Å². The zero-order chi connectivity index (χ0) is 23.2. The molecule has 170 valence electrons. The van der Waals surface area contributed by atoms with Crippen molar-refractivity contribution in [2.45, 2.75) is 52.6 Å². The lowest BCUT2D eigenvalue weighted by atomic mass is 9.84. The zero-order valence-electron chi connectivity index (χ0n) is 19.4. The van der Waals surface area contributed by atoms with Gasteiger partial charge in [-0.3, -0.25) is 4.90 Å². The summed E-state index contributed by atoms with van der Waals surface area (Å²) in [4.78, 5) is 12.5. The first-order valence-corrected chi connectivity index (χ1v) is 11.5. The van der Waals surface area contributed by atoms with Gasteiger partial charge in [-0.25, -0.2) is 4.99 Å². The second-order valence-electron chi connectivity index (χ2n) is 8.88. The van der Waals surface area contributed by atoms with Crippen LogP contribution >= 0.6 is 11.6 Å². The molecule has 0 spiro atoms. The highest BCUT2D eigenvalue weighted by molar-refractivity contribution is 6.32. The fourth-order valence-corrected chi connectivity index (χ4v) is 5.01. The molecular weight excluding hydrogens is 424 g/mol. The number of rotatable bonds is 6. The van der Waals surface area contributed by atoms with Gasteiger partial charge in [0.15, 0.2) is 0 Å². The highest BCUT2D eigenvalue weighted by atomic mass is 35.5. The molecule has 7 nitrogen and oxygen atoms in total. The van der Waals surface area contributed by atoms with Gasteiger partial charge >= 0.3 is 0 Å². The van der Waals surface area contributed by atoms with Gasteiger partial charge in [-0.2, -0.15) is 5.26 Å². The van der Waals surface area contributed by atoms with Crippen molar-refractivity contribution in [2.24, 2.45) is 10.7 Å². The number of nitrogens with two attached hydrogens (primary N) is 1. The third-order valence-corrected chi connectivity index (χ3v) is 6.96. The second-order valence-corrected chi connectivity index (χ2v) is 9.29. The van der Waals surface area contributed by atoms with Crippen LogP contribution in [-0.4, -0.2) is 48.1 Å². The van der Waals surface area contributed by atoms with E-state index in [1.54, 1.807) is 0 Å². The first kappa shape index (κ1) is 22.5. The summed E-state index contributed by atoms with van der Waals surface area (Å²) < 4.78 is 6.22. The minimum Gasteiger partial charge on any atom is -0.493 e. The molecule has 0 amide bonds. The molecule has 0 aliphatic carbocycles. The Morgan fingerprint density at radius 1 is 1.38 bits per heavy atom. The Bertz CT molecular complexity index is 1090. The molecule has 1 atom stereocenters. The van der Waals surface area contributed by atoms with Gasteiger partial charge in [0.05, 0.1) is 28.8 Å². The Balaban J connectivity index is 1.80. The first-order chi connectivity index (χ1) is 15.3. The molecule has 1 unspecified atom stereocenters. The van der Waals surface area contributed by atoms with Crippen molar-refractivity contribution >= 4 is 23.3 Å². The van der Waals surface area contributed by atoms with Crippen LogP contribution in [0.5, 0.6) is 5.75 Å². The second kappa shape index (κ2) is 8.68. The van der Waals surface area contributed by atoms with Crippen LogP contribution < -0.4 is 15.4 Å². The predicted octanol–water partition coefficient (Wildman–Crippen LogP) is 4.30. The molecule has 32 heavy (non-hydrogen) atoms.